The molecule has 34 heavy (non-hydrogen) atoms. The van der Waals surface area contributed by atoms with E-state index in [4.69, 9.17) is 4.74 Å². The normalized spacial score (nSPS) is 24.8. The summed E-state index contributed by atoms with van der Waals surface area (Å²) in [4.78, 5) is 55.5. The average molecular weight is 455 g/mol. The molecule has 168 valence electrons. The van der Waals surface area contributed by atoms with E-state index in [1.54, 1.807) is 24.3 Å². The number of imide groups is 1. The summed E-state index contributed by atoms with van der Waals surface area (Å²) in [6.45, 7) is 1.90. The van der Waals surface area contributed by atoms with Crippen molar-refractivity contribution < 1.29 is 28.3 Å². The van der Waals surface area contributed by atoms with Crippen LogP contribution in [0.4, 0.5) is 10.1 Å². The van der Waals surface area contributed by atoms with Crippen molar-refractivity contribution in [2.45, 2.75) is 18.6 Å². The number of hydrogen-bond donors (Lipinski definition) is 0. The van der Waals surface area contributed by atoms with Gasteiger partial charge in [-0.1, -0.05) is 66.2 Å². The highest BCUT2D eigenvalue weighted by molar-refractivity contribution is 6.37. The molecule has 2 saturated heterocycles. The van der Waals surface area contributed by atoms with Gasteiger partial charge in [0, 0.05) is 11.1 Å². The quantitative estimate of drug-likeness (QED) is 0.433. The minimum Gasteiger partial charge on any atom is -0.349 e. The number of anilines is 1. The Bertz CT molecular complexity index is 1380. The first-order valence-electron chi connectivity index (χ1n) is 10.9. The van der Waals surface area contributed by atoms with E-state index >= 15 is 0 Å². The zero-order valence-corrected chi connectivity index (χ0v) is 18.0. The van der Waals surface area contributed by atoms with Crippen LogP contribution in [0.3, 0.4) is 0 Å². The molecule has 0 aromatic heterocycles. The number of rotatable bonds is 2. The van der Waals surface area contributed by atoms with Gasteiger partial charge in [-0.15, -0.1) is 0 Å². The maximum Gasteiger partial charge on any atom is 0.241 e. The van der Waals surface area contributed by atoms with Crippen molar-refractivity contribution in [3.8, 4) is 0 Å². The van der Waals surface area contributed by atoms with E-state index in [2.05, 4.69) is 0 Å². The number of ether oxygens (including phenoxy) is 1. The van der Waals surface area contributed by atoms with Crippen LogP contribution in [-0.4, -0.2) is 29.0 Å². The highest BCUT2D eigenvalue weighted by Crippen LogP contribution is 2.57. The van der Waals surface area contributed by atoms with Crippen molar-refractivity contribution in [2.75, 3.05) is 4.90 Å². The maximum atomic E-state index is 14.7. The molecular weight excluding hydrogens is 437 g/mol. The molecule has 2 aliphatic heterocycles. The van der Waals surface area contributed by atoms with Crippen LogP contribution >= 0.6 is 0 Å². The Morgan fingerprint density at radius 3 is 2.00 bits per heavy atom. The fraction of sp³-hybridized carbons (Fsp3) is 0.185. The molecule has 0 bridgehead atoms. The van der Waals surface area contributed by atoms with E-state index in [1.807, 2.05) is 19.1 Å². The molecule has 6 nitrogen and oxygen atoms in total. The summed E-state index contributed by atoms with van der Waals surface area (Å²) >= 11 is 0. The molecule has 3 atom stereocenters. The molecule has 0 unspecified atom stereocenters. The van der Waals surface area contributed by atoms with Gasteiger partial charge in [0.2, 0.25) is 29.0 Å². The zero-order valence-electron chi connectivity index (χ0n) is 18.0. The number of ketones is 2. The standard InChI is InChI=1S/C27H18FNO5/c1-14-10-12-15(13-11-14)22-20-21(26(33)29(25(20)32)19-9-5-4-8-18(19)28)27(34-22)23(30)16-6-2-3-7-17(16)24(27)31/h2-13,20-22H,1H3/t20-,21-,22+/m1/s1. The van der Waals surface area contributed by atoms with Gasteiger partial charge in [0.1, 0.15) is 5.82 Å². The summed E-state index contributed by atoms with van der Waals surface area (Å²) in [6.07, 6.45) is -1.03. The molecular formula is C27H18FNO5. The second-order valence-electron chi connectivity index (χ2n) is 8.86. The molecule has 3 aromatic carbocycles. The third-order valence-electron chi connectivity index (χ3n) is 7.02. The molecule has 1 spiro atoms. The summed E-state index contributed by atoms with van der Waals surface area (Å²) in [5.41, 5.74) is -0.543. The fourth-order valence-corrected chi connectivity index (χ4v) is 5.44. The predicted octanol–water partition coefficient (Wildman–Crippen LogP) is 3.83. The van der Waals surface area contributed by atoms with Crippen LogP contribution in [0.1, 0.15) is 37.9 Å². The topological polar surface area (TPSA) is 80.8 Å². The van der Waals surface area contributed by atoms with Gasteiger partial charge in [-0.3, -0.25) is 19.2 Å². The van der Waals surface area contributed by atoms with Gasteiger partial charge in [-0.25, -0.2) is 9.29 Å². The second-order valence-corrected chi connectivity index (χ2v) is 8.86. The number of fused-ring (bicyclic) bond motifs is 3. The summed E-state index contributed by atoms with van der Waals surface area (Å²) < 4.78 is 20.9. The second kappa shape index (κ2) is 7.01. The van der Waals surface area contributed by atoms with Crippen molar-refractivity contribution >= 4 is 29.1 Å². The summed E-state index contributed by atoms with van der Waals surface area (Å²) in [6, 6.07) is 18.8. The van der Waals surface area contributed by atoms with E-state index in [1.165, 1.54) is 30.3 Å². The summed E-state index contributed by atoms with van der Waals surface area (Å²) in [7, 11) is 0. The van der Waals surface area contributed by atoms with Crippen molar-refractivity contribution in [1.29, 1.82) is 0 Å². The Balaban J connectivity index is 1.56. The van der Waals surface area contributed by atoms with Crippen LogP contribution in [0.2, 0.25) is 0 Å². The van der Waals surface area contributed by atoms with Gasteiger partial charge in [0.15, 0.2) is 0 Å². The molecule has 3 aromatic rings. The van der Waals surface area contributed by atoms with Crippen molar-refractivity contribution in [1.82, 2.24) is 0 Å². The molecule has 0 N–H and O–H groups in total. The number of carbonyl (C=O) groups excluding carboxylic acids is 4. The summed E-state index contributed by atoms with van der Waals surface area (Å²) in [5.74, 6) is -6.11. The average Bonchev–Trinajstić information content (AvgIpc) is 3.40. The van der Waals surface area contributed by atoms with Gasteiger partial charge in [-0.2, -0.15) is 0 Å². The number of carbonyl (C=O) groups is 4. The molecule has 1 aliphatic carbocycles. The van der Waals surface area contributed by atoms with Crippen LogP contribution in [0, 0.1) is 24.6 Å². The van der Waals surface area contributed by atoms with Gasteiger partial charge in [-0.05, 0) is 24.6 Å². The molecule has 0 radical (unpaired) electrons. The lowest BCUT2D eigenvalue weighted by Crippen LogP contribution is -2.51. The number of Topliss-reactive ketones (excluding diaryl/α,β-unsaturated/α-hetero) is 2. The number of nitrogens with zero attached hydrogens (tertiary/aromatic N) is 1. The third kappa shape index (κ3) is 2.47. The Morgan fingerprint density at radius 1 is 0.794 bits per heavy atom. The minimum absolute atomic E-state index is 0.153. The molecule has 7 heteroatoms. The number of halogens is 1. The highest BCUT2D eigenvalue weighted by atomic mass is 19.1. The van der Waals surface area contributed by atoms with Crippen LogP contribution in [0.15, 0.2) is 72.8 Å². The monoisotopic (exact) mass is 455 g/mol. The first-order chi connectivity index (χ1) is 16.4. The van der Waals surface area contributed by atoms with Crippen molar-refractivity contribution in [3.05, 3.63) is 101 Å². The van der Waals surface area contributed by atoms with Gasteiger partial charge in [0.25, 0.3) is 0 Å². The zero-order chi connectivity index (χ0) is 23.8. The number of para-hydroxylation sites is 1. The van der Waals surface area contributed by atoms with Crippen molar-refractivity contribution in [3.63, 3.8) is 0 Å². The summed E-state index contributed by atoms with van der Waals surface area (Å²) in [5, 5.41) is 0. The van der Waals surface area contributed by atoms with Crippen LogP contribution < -0.4 is 4.90 Å². The number of amides is 2. The van der Waals surface area contributed by atoms with E-state index in [0.29, 0.717) is 5.56 Å². The Labute approximate surface area is 193 Å². The number of benzene rings is 3. The predicted molar refractivity (Wildman–Crippen MR) is 119 cm³/mol. The van der Waals surface area contributed by atoms with Crippen molar-refractivity contribution in [2.24, 2.45) is 11.8 Å². The first kappa shape index (κ1) is 20.6. The smallest absolute Gasteiger partial charge is 0.241 e. The SMILES string of the molecule is Cc1ccc([C@@H]2OC3(C(=O)c4ccccc4C3=O)[C@H]3C(=O)N(c4ccccc4F)C(=O)[C@@H]23)cc1. The highest BCUT2D eigenvalue weighted by Gasteiger charge is 2.74. The fourth-order valence-electron chi connectivity index (χ4n) is 5.44. The Hall–Kier alpha value is -3.97. The van der Waals surface area contributed by atoms with Crippen LogP contribution in [0.25, 0.3) is 0 Å². The van der Waals surface area contributed by atoms with Gasteiger partial charge in [0.05, 0.1) is 23.6 Å². The molecule has 2 fully saturated rings. The molecule has 2 amide bonds. The molecule has 6 rings (SSSR count). The van der Waals surface area contributed by atoms with E-state index in [9.17, 15) is 23.6 Å². The maximum absolute atomic E-state index is 14.7. The first-order valence-corrected chi connectivity index (χ1v) is 10.9. The number of hydrogen-bond acceptors (Lipinski definition) is 5. The number of aryl methyl sites for hydroxylation is 1. The Morgan fingerprint density at radius 2 is 1.38 bits per heavy atom. The lowest BCUT2D eigenvalue weighted by atomic mass is 9.77. The molecule has 2 heterocycles. The molecule has 3 aliphatic rings. The van der Waals surface area contributed by atoms with E-state index < -0.39 is 52.7 Å². The lowest BCUT2D eigenvalue weighted by molar-refractivity contribution is -0.127. The molecule has 0 saturated carbocycles. The van der Waals surface area contributed by atoms with Gasteiger partial charge >= 0.3 is 0 Å². The minimum atomic E-state index is -2.17. The largest absolute Gasteiger partial charge is 0.349 e. The van der Waals surface area contributed by atoms with Crippen LogP contribution in [0.5, 0.6) is 0 Å². The van der Waals surface area contributed by atoms with E-state index in [0.717, 1.165) is 16.5 Å². The third-order valence-corrected chi connectivity index (χ3v) is 7.02. The Kier molecular flexibility index (Phi) is 4.25. The van der Waals surface area contributed by atoms with Gasteiger partial charge < -0.3 is 4.74 Å². The lowest BCUT2D eigenvalue weighted by Gasteiger charge is -2.27. The van der Waals surface area contributed by atoms with Crippen LogP contribution in [-0.2, 0) is 14.3 Å². The van der Waals surface area contributed by atoms with E-state index in [-0.39, 0.29) is 16.8 Å².